The van der Waals surface area contributed by atoms with Crippen LogP contribution in [0.2, 0.25) is 0 Å². The minimum absolute atomic E-state index is 0. The first-order chi connectivity index (χ1) is 9.76. The molecule has 0 bridgehead atoms. The first-order valence-corrected chi connectivity index (χ1v) is 6.98. The van der Waals surface area contributed by atoms with Gasteiger partial charge in [0.15, 0.2) is 11.5 Å². The van der Waals surface area contributed by atoms with Crippen LogP contribution < -0.4 is 19.9 Å². The lowest BCUT2D eigenvalue weighted by Gasteiger charge is -2.29. The maximum atomic E-state index is 10.5. The summed E-state index contributed by atoms with van der Waals surface area (Å²) in [4.78, 5) is 0. The summed E-state index contributed by atoms with van der Waals surface area (Å²) in [6.45, 7) is 6.16. The summed E-state index contributed by atoms with van der Waals surface area (Å²) in [6.07, 6.45) is -0.288. The molecule has 0 fully saturated rings. The molecule has 3 N–H and O–H groups in total. The second-order valence-electron chi connectivity index (χ2n) is 6.15. The van der Waals surface area contributed by atoms with Crippen molar-refractivity contribution < 1.29 is 19.3 Å². The lowest BCUT2D eigenvalue weighted by atomic mass is 9.83. The SMILES string of the molecule is COc1ccc([C@@H](O)C[C@@H](N)C(C)(C)C)c(OC)c1OC.Cl. The van der Waals surface area contributed by atoms with Gasteiger partial charge in [0.25, 0.3) is 0 Å². The molecule has 0 aliphatic rings. The highest BCUT2D eigenvalue weighted by Crippen LogP contribution is 2.43. The van der Waals surface area contributed by atoms with Crippen molar-refractivity contribution in [3.05, 3.63) is 17.7 Å². The maximum absolute atomic E-state index is 10.5. The van der Waals surface area contributed by atoms with Gasteiger partial charge in [-0.1, -0.05) is 20.8 Å². The maximum Gasteiger partial charge on any atom is 0.203 e. The van der Waals surface area contributed by atoms with Gasteiger partial charge in [0, 0.05) is 11.6 Å². The molecule has 0 aliphatic heterocycles. The summed E-state index contributed by atoms with van der Waals surface area (Å²) in [7, 11) is 4.64. The van der Waals surface area contributed by atoms with Crippen LogP contribution in [0.15, 0.2) is 12.1 Å². The number of methoxy groups -OCH3 is 3. The fraction of sp³-hybridized carbons (Fsp3) is 0.625. The smallest absolute Gasteiger partial charge is 0.203 e. The van der Waals surface area contributed by atoms with Crippen molar-refractivity contribution in [1.29, 1.82) is 0 Å². The number of hydrogen-bond donors (Lipinski definition) is 2. The van der Waals surface area contributed by atoms with Gasteiger partial charge < -0.3 is 25.1 Å². The van der Waals surface area contributed by atoms with Crippen molar-refractivity contribution >= 4 is 12.4 Å². The number of halogens is 1. The molecular weight excluding hydrogens is 306 g/mol. The third-order valence-electron chi connectivity index (χ3n) is 3.68. The fourth-order valence-corrected chi connectivity index (χ4v) is 2.11. The van der Waals surface area contributed by atoms with E-state index in [0.717, 1.165) is 0 Å². The molecule has 0 saturated carbocycles. The lowest BCUT2D eigenvalue weighted by molar-refractivity contribution is 0.130. The van der Waals surface area contributed by atoms with E-state index in [-0.39, 0.29) is 23.9 Å². The molecule has 0 saturated heterocycles. The van der Waals surface area contributed by atoms with Gasteiger partial charge >= 0.3 is 0 Å². The molecule has 1 rings (SSSR count). The Kier molecular flexibility index (Phi) is 8.01. The van der Waals surface area contributed by atoms with Gasteiger partial charge in [0.2, 0.25) is 5.75 Å². The van der Waals surface area contributed by atoms with Gasteiger partial charge in [-0.2, -0.15) is 0 Å². The Bertz CT molecular complexity index is 474. The molecule has 0 radical (unpaired) electrons. The van der Waals surface area contributed by atoms with E-state index in [2.05, 4.69) is 20.8 Å². The van der Waals surface area contributed by atoms with Gasteiger partial charge in [0.1, 0.15) is 0 Å². The largest absolute Gasteiger partial charge is 0.493 e. The van der Waals surface area contributed by atoms with Crippen LogP contribution in [0.3, 0.4) is 0 Å². The highest BCUT2D eigenvalue weighted by atomic mass is 35.5. The molecule has 5 nitrogen and oxygen atoms in total. The zero-order valence-electron chi connectivity index (χ0n) is 14.2. The quantitative estimate of drug-likeness (QED) is 0.837. The van der Waals surface area contributed by atoms with Crippen LogP contribution in [0, 0.1) is 5.41 Å². The monoisotopic (exact) mass is 333 g/mol. The van der Waals surface area contributed by atoms with Crippen LogP contribution in [0.5, 0.6) is 17.2 Å². The van der Waals surface area contributed by atoms with E-state index in [0.29, 0.717) is 29.2 Å². The van der Waals surface area contributed by atoms with Gasteiger partial charge in [0.05, 0.1) is 27.4 Å². The van der Waals surface area contributed by atoms with E-state index in [1.165, 1.54) is 14.2 Å². The van der Waals surface area contributed by atoms with E-state index in [1.54, 1.807) is 19.2 Å². The Morgan fingerprint density at radius 3 is 2.00 bits per heavy atom. The number of nitrogens with two attached hydrogens (primary N) is 1. The van der Waals surface area contributed by atoms with Crippen molar-refractivity contribution in [3.8, 4) is 17.2 Å². The molecule has 0 amide bonds. The molecule has 1 aromatic rings. The third-order valence-corrected chi connectivity index (χ3v) is 3.68. The second kappa shape index (κ2) is 8.46. The minimum atomic E-state index is -0.728. The first-order valence-electron chi connectivity index (χ1n) is 6.98. The van der Waals surface area contributed by atoms with Crippen LogP contribution in [-0.4, -0.2) is 32.5 Å². The summed E-state index contributed by atoms with van der Waals surface area (Å²) in [5.74, 6) is 1.51. The predicted molar refractivity (Wildman–Crippen MR) is 90.4 cm³/mol. The molecule has 2 atom stereocenters. The Morgan fingerprint density at radius 2 is 1.59 bits per heavy atom. The highest BCUT2D eigenvalue weighted by Gasteiger charge is 2.27. The Labute approximate surface area is 139 Å². The summed E-state index contributed by atoms with van der Waals surface area (Å²) < 4.78 is 16.0. The average Bonchev–Trinajstić information content (AvgIpc) is 2.43. The summed E-state index contributed by atoms with van der Waals surface area (Å²) in [6, 6.07) is 3.40. The topological polar surface area (TPSA) is 73.9 Å². The molecule has 0 aliphatic carbocycles. The van der Waals surface area contributed by atoms with Crippen molar-refractivity contribution in [2.24, 2.45) is 11.1 Å². The van der Waals surface area contributed by atoms with Crippen LogP contribution >= 0.6 is 12.4 Å². The molecule has 128 valence electrons. The summed E-state index contributed by atoms with van der Waals surface area (Å²) >= 11 is 0. The molecule has 0 unspecified atom stereocenters. The standard InChI is InChI=1S/C16H27NO4.ClH/c1-16(2,3)13(17)9-11(18)10-7-8-12(19-4)15(21-6)14(10)20-5;/h7-8,11,13,18H,9,17H2,1-6H3;1H/t11-,13+;/m0./s1. The minimum Gasteiger partial charge on any atom is -0.493 e. The van der Waals surface area contributed by atoms with Crippen LogP contribution in [-0.2, 0) is 0 Å². The van der Waals surface area contributed by atoms with Gasteiger partial charge in [-0.05, 0) is 24.0 Å². The molecule has 6 heteroatoms. The van der Waals surface area contributed by atoms with Gasteiger partial charge in [-0.15, -0.1) is 12.4 Å². The van der Waals surface area contributed by atoms with E-state index < -0.39 is 6.10 Å². The van der Waals surface area contributed by atoms with Crippen LogP contribution in [0.25, 0.3) is 0 Å². The molecule has 0 heterocycles. The van der Waals surface area contributed by atoms with E-state index in [1.807, 2.05) is 0 Å². The number of hydrogen-bond acceptors (Lipinski definition) is 5. The molecule has 0 aromatic heterocycles. The van der Waals surface area contributed by atoms with Crippen molar-refractivity contribution in [2.45, 2.75) is 39.3 Å². The van der Waals surface area contributed by atoms with E-state index >= 15 is 0 Å². The van der Waals surface area contributed by atoms with Crippen LogP contribution in [0.4, 0.5) is 0 Å². The van der Waals surface area contributed by atoms with Crippen molar-refractivity contribution in [2.75, 3.05) is 21.3 Å². The highest BCUT2D eigenvalue weighted by molar-refractivity contribution is 5.85. The normalized spacial score (nSPS) is 13.8. The Hall–Kier alpha value is -1.17. The number of rotatable bonds is 6. The first kappa shape index (κ1) is 20.8. The Balaban J connectivity index is 0.00000441. The Morgan fingerprint density at radius 1 is 1.05 bits per heavy atom. The number of ether oxygens (including phenoxy) is 3. The zero-order valence-corrected chi connectivity index (χ0v) is 15.0. The van der Waals surface area contributed by atoms with E-state index in [4.69, 9.17) is 19.9 Å². The van der Waals surface area contributed by atoms with Crippen molar-refractivity contribution in [3.63, 3.8) is 0 Å². The summed E-state index contributed by atoms with van der Waals surface area (Å²) in [5, 5.41) is 10.5. The molecule has 0 spiro atoms. The van der Waals surface area contributed by atoms with Crippen LogP contribution in [0.1, 0.15) is 38.9 Å². The fourth-order valence-electron chi connectivity index (χ4n) is 2.11. The second-order valence-corrected chi connectivity index (χ2v) is 6.15. The zero-order chi connectivity index (χ0) is 16.2. The molecular formula is C16H28ClNO4. The average molecular weight is 334 g/mol. The number of benzene rings is 1. The number of aliphatic hydroxyl groups excluding tert-OH is 1. The molecule has 1 aromatic carbocycles. The number of aliphatic hydroxyl groups is 1. The van der Waals surface area contributed by atoms with E-state index in [9.17, 15) is 5.11 Å². The van der Waals surface area contributed by atoms with Gasteiger partial charge in [-0.25, -0.2) is 0 Å². The lowest BCUT2D eigenvalue weighted by Crippen LogP contribution is -2.36. The van der Waals surface area contributed by atoms with Crippen molar-refractivity contribution in [1.82, 2.24) is 0 Å². The summed E-state index contributed by atoms with van der Waals surface area (Å²) in [5.41, 5.74) is 6.72. The third kappa shape index (κ3) is 4.66. The predicted octanol–water partition coefficient (Wildman–Crippen LogP) is 2.93. The molecule has 22 heavy (non-hydrogen) atoms. The van der Waals surface area contributed by atoms with Gasteiger partial charge in [-0.3, -0.25) is 0 Å².